The van der Waals surface area contributed by atoms with Gasteiger partial charge >= 0.3 is 0 Å². The molecule has 2 rings (SSSR count). The third kappa shape index (κ3) is 2.95. The van der Waals surface area contributed by atoms with Crippen LogP contribution in [0.2, 0.25) is 0 Å². The fourth-order valence-corrected chi connectivity index (χ4v) is 1.89. The molecule has 1 heterocycles. The third-order valence-corrected chi connectivity index (χ3v) is 2.96. The Morgan fingerprint density at radius 3 is 2.88 bits per heavy atom. The Morgan fingerprint density at radius 1 is 1.25 bits per heavy atom. The van der Waals surface area contributed by atoms with Crippen LogP contribution in [0.15, 0.2) is 42.6 Å². The van der Waals surface area contributed by atoms with Gasteiger partial charge < -0.3 is 4.74 Å². The van der Waals surface area contributed by atoms with E-state index in [1.165, 1.54) is 3.57 Å². The van der Waals surface area contributed by atoms with Crippen LogP contribution in [0.4, 0.5) is 0 Å². The lowest BCUT2D eigenvalue weighted by Crippen LogP contribution is -2.00. The molecule has 1 aromatic carbocycles. The molecule has 0 unspecified atom stereocenters. The van der Waals surface area contributed by atoms with Crippen LogP contribution < -0.4 is 4.74 Å². The summed E-state index contributed by atoms with van der Waals surface area (Å²) in [6, 6.07) is 12.0. The van der Waals surface area contributed by atoms with Gasteiger partial charge in [0.2, 0.25) is 0 Å². The number of pyridine rings is 1. The second kappa shape index (κ2) is 5.30. The van der Waals surface area contributed by atoms with Crippen LogP contribution in [0.5, 0.6) is 5.75 Å². The molecule has 0 atom stereocenters. The highest BCUT2D eigenvalue weighted by atomic mass is 127. The molecule has 0 spiro atoms. The molecule has 2 nitrogen and oxygen atoms in total. The normalized spacial score (nSPS) is 10.1. The van der Waals surface area contributed by atoms with Crippen molar-refractivity contribution >= 4 is 22.6 Å². The number of aryl methyl sites for hydroxylation is 1. The maximum Gasteiger partial charge on any atom is 0.130 e. The predicted octanol–water partition coefficient (Wildman–Crippen LogP) is 3.57. The largest absolute Gasteiger partial charge is 0.487 e. The van der Waals surface area contributed by atoms with Crippen molar-refractivity contribution in [3.63, 3.8) is 0 Å². The van der Waals surface area contributed by atoms with Crippen molar-refractivity contribution in [3.05, 3.63) is 57.4 Å². The second-order valence-electron chi connectivity index (χ2n) is 3.51. The minimum absolute atomic E-state index is 0.521. The zero-order valence-corrected chi connectivity index (χ0v) is 11.1. The Bertz CT molecular complexity index is 485. The Labute approximate surface area is 109 Å². The highest BCUT2D eigenvalue weighted by Gasteiger charge is 2.00. The number of hydrogen-bond donors (Lipinski definition) is 0. The number of hydrogen-bond acceptors (Lipinski definition) is 2. The first-order chi connectivity index (χ1) is 7.75. The average Bonchev–Trinajstić information content (AvgIpc) is 2.28. The van der Waals surface area contributed by atoms with Gasteiger partial charge in [0.25, 0.3) is 0 Å². The van der Waals surface area contributed by atoms with E-state index in [1.54, 1.807) is 6.20 Å². The number of halogens is 1. The minimum Gasteiger partial charge on any atom is -0.487 e. The van der Waals surface area contributed by atoms with Crippen LogP contribution in [0.3, 0.4) is 0 Å². The van der Waals surface area contributed by atoms with Crippen molar-refractivity contribution in [2.75, 3.05) is 0 Å². The molecule has 2 aromatic rings. The van der Waals surface area contributed by atoms with Crippen molar-refractivity contribution in [1.29, 1.82) is 0 Å². The highest BCUT2D eigenvalue weighted by molar-refractivity contribution is 14.1. The molecule has 82 valence electrons. The van der Waals surface area contributed by atoms with Crippen molar-refractivity contribution in [3.8, 4) is 5.75 Å². The van der Waals surface area contributed by atoms with Crippen molar-refractivity contribution in [2.45, 2.75) is 13.5 Å². The molecule has 0 N–H and O–H groups in total. The van der Waals surface area contributed by atoms with Crippen LogP contribution in [-0.4, -0.2) is 4.98 Å². The summed E-state index contributed by atoms with van der Waals surface area (Å²) in [5, 5.41) is 0. The van der Waals surface area contributed by atoms with Gasteiger partial charge in [-0.05, 0) is 59.3 Å². The van der Waals surface area contributed by atoms with Gasteiger partial charge in [-0.2, -0.15) is 0 Å². The molecule has 0 amide bonds. The first-order valence-electron chi connectivity index (χ1n) is 5.04. The molecule has 0 saturated heterocycles. The van der Waals surface area contributed by atoms with E-state index < -0.39 is 0 Å². The number of rotatable bonds is 3. The second-order valence-corrected chi connectivity index (χ2v) is 4.76. The maximum atomic E-state index is 5.69. The van der Waals surface area contributed by atoms with E-state index >= 15 is 0 Å². The lowest BCUT2D eigenvalue weighted by Gasteiger charge is -2.07. The van der Waals surface area contributed by atoms with Gasteiger partial charge in [0, 0.05) is 9.77 Å². The Kier molecular flexibility index (Phi) is 3.77. The zero-order chi connectivity index (χ0) is 11.4. The Balaban J connectivity index is 2.05. The van der Waals surface area contributed by atoms with E-state index in [2.05, 4.69) is 27.6 Å². The molecular weight excluding hydrogens is 313 g/mol. The lowest BCUT2D eigenvalue weighted by molar-refractivity contribution is 0.300. The predicted molar refractivity (Wildman–Crippen MR) is 72.5 cm³/mol. The average molecular weight is 325 g/mol. The molecule has 1 aromatic heterocycles. The number of aromatic nitrogens is 1. The molecule has 0 bridgehead atoms. The quantitative estimate of drug-likeness (QED) is 0.805. The van der Waals surface area contributed by atoms with Gasteiger partial charge in [-0.1, -0.05) is 12.1 Å². The fraction of sp³-hybridized carbons (Fsp3) is 0.154. The smallest absolute Gasteiger partial charge is 0.130 e. The number of ether oxygens (including phenoxy) is 1. The summed E-state index contributed by atoms with van der Waals surface area (Å²) >= 11 is 2.27. The van der Waals surface area contributed by atoms with Crippen molar-refractivity contribution in [2.24, 2.45) is 0 Å². The van der Waals surface area contributed by atoms with Crippen LogP contribution in [0, 0.1) is 10.5 Å². The van der Waals surface area contributed by atoms with E-state index in [4.69, 9.17) is 4.74 Å². The highest BCUT2D eigenvalue weighted by Crippen LogP contribution is 2.16. The van der Waals surface area contributed by atoms with Crippen LogP contribution in [0.1, 0.15) is 11.3 Å². The lowest BCUT2D eigenvalue weighted by atomic mass is 10.2. The van der Waals surface area contributed by atoms with E-state index in [-0.39, 0.29) is 0 Å². The summed E-state index contributed by atoms with van der Waals surface area (Å²) in [6.07, 6.45) is 1.79. The SMILES string of the molecule is Cc1cccnc1COc1cccc(I)c1. The topological polar surface area (TPSA) is 22.1 Å². The Morgan fingerprint density at radius 2 is 2.12 bits per heavy atom. The maximum absolute atomic E-state index is 5.69. The summed E-state index contributed by atoms with van der Waals surface area (Å²) in [4.78, 5) is 4.29. The van der Waals surface area contributed by atoms with E-state index in [0.717, 1.165) is 17.0 Å². The summed E-state index contributed by atoms with van der Waals surface area (Å²) in [7, 11) is 0. The molecule has 0 aliphatic heterocycles. The standard InChI is InChI=1S/C13H12INO/c1-10-4-3-7-15-13(10)9-16-12-6-2-5-11(14)8-12/h2-8H,9H2,1H3. The molecule has 0 radical (unpaired) electrons. The summed E-state index contributed by atoms with van der Waals surface area (Å²) in [5.74, 6) is 0.886. The van der Waals surface area contributed by atoms with Crippen LogP contribution in [0.25, 0.3) is 0 Å². The first kappa shape index (κ1) is 11.4. The molecular formula is C13H12INO. The van der Waals surface area contributed by atoms with Crippen molar-refractivity contribution in [1.82, 2.24) is 4.98 Å². The number of benzene rings is 1. The summed E-state index contributed by atoms with van der Waals surface area (Å²) < 4.78 is 6.86. The molecule has 0 aliphatic carbocycles. The van der Waals surface area contributed by atoms with Crippen LogP contribution in [-0.2, 0) is 6.61 Å². The molecule has 0 saturated carbocycles. The fourth-order valence-electron chi connectivity index (χ4n) is 1.38. The van der Waals surface area contributed by atoms with E-state index in [1.807, 2.05) is 43.3 Å². The summed E-state index contributed by atoms with van der Waals surface area (Å²) in [5.41, 5.74) is 2.15. The van der Waals surface area contributed by atoms with Crippen molar-refractivity contribution < 1.29 is 4.74 Å². The van der Waals surface area contributed by atoms with Gasteiger partial charge in [-0.25, -0.2) is 0 Å². The molecule has 3 heteroatoms. The zero-order valence-electron chi connectivity index (χ0n) is 8.98. The number of nitrogens with zero attached hydrogens (tertiary/aromatic N) is 1. The van der Waals surface area contributed by atoms with Gasteiger partial charge in [0.05, 0.1) is 5.69 Å². The monoisotopic (exact) mass is 325 g/mol. The van der Waals surface area contributed by atoms with Gasteiger partial charge in [-0.15, -0.1) is 0 Å². The van der Waals surface area contributed by atoms with E-state index in [0.29, 0.717) is 6.61 Å². The van der Waals surface area contributed by atoms with Crippen LogP contribution >= 0.6 is 22.6 Å². The Hall–Kier alpha value is -1.10. The van der Waals surface area contributed by atoms with Gasteiger partial charge in [-0.3, -0.25) is 4.98 Å². The molecule has 16 heavy (non-hydrogen) atoms. The van der Waals surface area contributed by atoms with Gasteiger partial charge in [0.15, 0.2) is 0 Å². The first-order valence-corrected chi connectivity index (χ1v) is 6.12. The molecule has 0 fully saturated rings. The van der Waals surface area contributed by atoms with Gasteiger partial charge in [0.1, 0.15) is 12.4 Å². The minimum atomic E-state index is 0.521. The summed E-state index contributed by atoms with van der Waals surface area (Å²) in [6.45, 7) is 2.56. The third-order valence-electron chi connectivity index (χ3n) is 2.29. The van der Waals surface area contributed by atoms with E-state index in [9.17, 15) is 0 Å². The molecule has 0 aliphatic rings.